The summed E-state index contributed by atoms with van der Waals surface area (Å²) in [5.41, 5.74) is 3.33. The molecule has 5 heterocycles. The predicted octanol–water partition coefficient (Wildman–Crippen LogP) is 4.82. The lowest BCUT2D eigenvalue weighted by atomic mass is 9.70. The molecule has 0 bridgehead atoms. The second kappa shape index (κ2) is 10.9. The molecule has 2 aliphatic heterocycles. The maximum Gasteiger partial charge on any atom is 0.293 e. The summed E-state index contributed by atoms with van der Waals surface area (Å²) >= 11 is 1.71. The van der Waals surface area contributed by atoms with Crippen LogP contribution in [0, 0.1) is 6.92 Å². The molecule has 10 heteroatoms. The van der Waals surface area contributed by atoms with E-state index in [4.69, 9.17) is 4.74 Å². The Labute approximate surface area is 214 Å². The van der Waals surface area contributed by atoms with Crippen LogP contribution < -0.4 is 4.90 Å². The fourth-order valence-electron chi connectivity index (χ4n) is 4.98. The van der Waals surface area contributed by atoms with Gasteiger partial charge in [-0.15, -0.1) is 11.3 Å². The molecule has 0 aromatic carbocycles. The number of nitrogens with one attached hydrogen (secondary N) is 1. The number of ether oxygens (including phenoxy) is 1. The fourth-order valence-corrected chi connectivity index (χ4v) is 6.58. The third kappa shape index (κ3) is 5.87. The highest BCUT2D eigenvalue weighted by Crippen LogP contribution is 2.42. The van der Waals surface area contributed by atoms with Gasteiger partial charge in [-0.25, -0.2) is 9.97 Å². The molecule has 1 spiro atoms. The van der Waals surface area contributed by atoms with Crippen LogP contribution in [0.15, 0.2) is 24.7 Å². The van der Waals surface area contributed by atoms with Crippen molar-refractivity contribution in [1.82, 2.24) is 19.8 Å². The minimum Gasteiger partial charge on any atom is -0.385 e. The highest BCUT2D eigenvalue weighted by Gasteiger charge is 2.47. The van der Waals surface area contributed by atoms with E-state index in [1.54, 1.807) is 25.9 Å². The summed E-state index contributed by atoms with van der Waals surface area (Å²) in [6.45, 7) is 13.0. The summed E-state index contributed by atoms with van der Waals surface area (Å²) in [4.78, 5) is 29.3. The van der Waals surface area contributed by atoms with Gasteiger partial charge in [0.2, 0.25) is 0 Å². The zero-order valence-corrected chi connectivity index (χ0v) is 23.5. The number of carbonyl (C=O) groups excluding carboxylic acids is 1. The Kier molecular flexibility index (Phi) is 8.15. The van der Waals surface area contributed by atoms with Gasteiger partial charge in [-0.2, -0.15) is 0 Å². The first-order chi connectivity index (χ1) is 16.8. The number of rotatable bonds is 7. The van der Waals surface area contributed by atoms with Crippen molar-refractivity contribution in [3.63, 3.8) is 0 Å². The van der Waals surface area contributed by atoms with Crippen LogP contribution in [0.25, 0.3) is 21.6 Å². The molecule has 2 fully saturated rings. The number of hydrogen-bond acceptors (Lipinski definition) is 7. The first-order valence-electron chi connectivity index (χ1n) is 12.4. The van der Waals surface area contributed by atoms with Crippen LogP contribution in [0.3, 0.4) is 0 Å². The smallest absolute Gasteiger partial charge is 0.293 e. The van der Waals surface area contributed by atoms with Gasteiger partial charge in [0.1, 0.15) is 10.7 Å². The molecule has 187 valence electrons. The number of fused-ring (bicyclic) bond motifs is 1. The van der Waals surface area contributed by atoms with E-state index in [-0.39, 0.29) is 5.54 Å². The number of pyridine rings is 1. The van der Waals surface area contributed by atoms with Gasteiger partial charge in [0, 0.05) is 69.5 Å². The number of anilines is 1. The number of aromatic amines is 1. The molecule has 5 rings (SSSR count). The topological polar surface area (TPSA) is 74.3 Å². The van der Waals surface area contributed by atoms with Crippen molar-refractivity contribution in [2.75, 3.05) is 38.3 Å². The van der Waals surface area contributed by atoms with E-state index in [2.05, 4.69) is 57.3 Å². The van der Waals surface area contributed by atoms with Crippen molar-refractivity contribution in [1.29, 1.82) is 0 Å². The van der Waals surface area contributed by atoms with Gasteiger partial charge in [0.25, 0.3) is 7.41 Å². The van der Waals surface area contributed by atoms with Crippen LogP contribution in [0.5, 0.6) is 0 Å². The van der Waals surface area contributed by atoms with Crippen molar-refractivity contribution in [3.8, 4) is 10.6 Å². The van der Waals surface area contributed by atoms with E-state index < -0.39 is 8.07 Å². The maximum atomic E-state index is 11.0. The number of carbonyl (C=O) groups is 1. The first kappa shape index (κ1) is 26.1. The van der Waals surface area contributed by atoms with Crippen LogP contribution in [0.4, 0.5) is 5.69 Å². The summed E-state index contributed by atoms with van der Waals surface area (Å²) in [5, 5.41) is 2.17. The number of thiazole rings is 1. The van der Waals surface area contributed by atoms with Gasteiger partial charge in [-0.05, 0) is 44.8 Å². The van der Waals surface area contributed by atoms with E-state index in [1.165, 1.54) is 16.6 Å². The van der Waals surface area contributed by atoms with Crippen LogP contribution in [-0.2, 0) is 9.53 Å². The number of methoxy groups -OCH3 is 1. The van der Waals surface area contributed by atoms with Crippen LogP contribution in [-0.4, -0.2) is 80.3 Å². The monoisotopic (exact) mass is 510 g/mol. The van der Waals surface area contributed by atoms with Crippen molar-refractivity contribution < 1.29 is 9.53 Å². The fraction of sp³-hybridized carbons (Fsp3) is 0.560. The van der Waals surface area contributed by atoms with Crippen molar-refractivity contribution in [2.24, 2.45) is 0 Å². The predicted molar refractivity (Wildman–Crippen MR) is 150 cm³/mol. The zero-order chi connectivity index (χ0) is 25.1. The molecule has 3 aromatic heterocycles. The zero-order valence-electron chi connectivity index (χ0n) is 21.6. The molecular formula is C25H37BN5O2SSi. The van der Waals surface area contributed by atoms with Crippen molar-refractivity contribution >= 4 is 49.7 Å². The second-order valence-electron chi connectivity index (χ2n) is 10.8. The van der Waals surface area contributed by atoms with E-state index in [0.29, 0.717) is 0 Å². The Hall–Kier alpha value is -2.01. The summed E-state index contributed by atoms with van der Waals surface area (Å²) < 4.78 is 4.95. The molecule has 0 amide bonds. The highest BCUT2D eigenvalue weighted by molar-refractivity contribution is 7.15. The molecule has 7 nitrogen and oxygen atoms in total. The van der Waals surface area contributed by atoms with Gasteiger partial charge in [0.15, 0.2) is 0 Å². The lowest BCUT2D eigenvalue weighted by Crippen LogP contribution is -2.68. The van der Waals surface area contributed by atoms with Crippen molar-refractivity contribution in [2.45, 2.75) is 57.4 Å². The Morgan fingerprint density at radius 1 is 1.29 bits per heavy atom. The molecule has 1 radical (unpaired) electrons. The quantitative estimate of drug-likeness (QED) is 0.363. The third-order valence-electron chi connectivity index (χ3n) is 7.02. The lowest BCUT2D eigenvalue weighted by Gasteiger charge is -2.57. The van der Waals surface area contributed by atoms with Crippen LogP contribution in [0.2, 0.25) is 25.7 Å². The summed E-state index contributed by atoms with van der Waals surface area (Å²) in [6, 6.07) is 3.40. The standard InChI is InChI=1S/C19H21BN5OS.C6H16OSi/c1-13-9-23-18(27-13)14-10-22-17-16(14)15(3-6-21-17)24-7-2-4-19(11-24)5-8-25(19)20-12-26;1-7-5-6-8(2,3)4/h3,6,9-10,12H,2,4-5,7-8,11H2,1H3,(H,21,22);5-6H2,1-4H3. The molecule has 3 aromatic rings. The number of piperidine rings is 1. The molecule has 0 aliphatic carbocycles. The summed E-state index contributed by atoms with van der Waals surface area (Å²) in [7, 11) is 2.68. The Morgan fingerprint density at radius 2 is 2.11 bits per heavy atom. The number of aromatic nitrogens is 3. The molecular weight excluding hydrogens is 473 g/mol. The Morgan fingerprint density at radius 3 is 2.71 bits per heavy atom. The average molecular weight is 511 g/mol. The summed E-state index contributed by atoms with van der Waals surface area (Å²) in [5.74, 6) is 0. The minimum atomic E-state index is -0.803. The molecule has 0 saturated carbocycles. The minimum absolute atomic E-state index is 0.100. The van der Waals surface area contributed by atoms with E-state index in [9.17, 15) is 4.79 Å². The highest BCUT2D eigenvalue weighted by atomic mass is 32.1. The van der Waals surface area contributed by atoms with Gasteiger partial charge < -0.3 is 24.2 Å². The molecule has 2 saturated heterocycles. The Balaban J connectivity index is 0.000000314. The number of nitrogens with zero attached hydrogens (tertiary/aromatic N) is 4. The second-order valence-corrected chi connectivity index (χ2v) is 17.7. The van der Waals surface area contributed by atoms with E-state index in [1.807, 2.05) is 18.6 Å². The SMILES string of the molecule is COCC[Si](C)(C)C.Cc1cnc(-c2c[nH]c3nccc(N4CCCC5(CCN5[B]C=O)C4)c23)s1. The lowest BCUT2D eigenvalue weighted by molar-refractivity contribution is 0.0550. The first-order valence-corrected chi connectivity index (χ1v) is 17.0. The largest absolute Gasteiger partial charge is 0.385 e. The number of hydrogen-bond donors (Lipinski definition) is 1. The number of aryl methyl sites for hydroxylation is 1. The normalized spacial score (nSPS) is 20.4. The van der Waals surface area contributed by atoms with Gasteiger partial charge in [-0.1, -0.05) is 19.6 Å². The van der Waals surface area contributed by atoms with Gasteiger partial charge in [0.05, 0.1) is 17.3 Å². The van der Waals surface area contributed by atoms with E-state index in [0.717, 1.165) is 73.3 Å². The molecule has 35 heavy (non-hydrogen) atoms. The van der Waals surface area contributed by atoms with Crippen molar-refractivity contribution in [3.05, 3.63) is 29.5 Å². The molecule has 1 N–H and O–H groups in total. The van der Waals surface area contributed by atoms with Crippen LogP contribution >= 0.6 is 11.3 Å². The third-order valence-corrected chi connectivity index (χ3v) is 9.67. The molecule has 2 aliphatic rings. The Bertz CT molecular complexity index is 1150. The molecule has 1 unspecified atom stereocenters. The molecule has 1 atom stereocenters. The summed E-state index contributed by atoms with van der Waals surface area (Å²) in [6.07, 6.45) is 10.2. The van der Waals surface area contributed by atoms with E-state index >= 15 is 0 Å². The average Bonchev–Trinajstić information content (AvgIpc) is 3.46. The maximum absolute atomic E-state index is 11.0. The van der Waals surface area contributed by atoms with Gasteiger partial charge in [-0.3, -0.25) is 0 Å². The van der Waals surface area contributed by atoms with Gasteiger partial charge >= 0.3 is 0 Å². The number of H-pyrrole nitrogens is 1. The van der Waals surface area contributed by atoms with Crippen LogP contribution in [0.1, 0.15) is 24.1 Å².